The van der Waals surface area contributed by atoms with E-state index in [0.29, 0.717) is 28.4 Å². The topological polar surface area (TPSA) is 68.5 Å². The lowest BCUT2D eigenvalue weighted by Crippen LogP contribution is -2.19. The molecule has 0 bridgehead atoms. The summed E-state index contributed by atoms with van der Waals surface area (Å²) >= 11 is 12.8. The van der Waals surface area contributed by atoms with Crippen LogP contribution in [-0.2, 0) is 13.2 Å². The van der Waals surface area contributed by atoms with Crippen LogP contribution >= 0.6 is 43.5 Å². The molecule has 1 aromatic heterocycles. The minimum atomic E-state index is -0.425. The minimum Gasteiger partial charge on any atom is -0.488 e. The monoisotopic (exact) mass is 600 g/mol. The molecular weight excluding hydrogens is 584 g/mol. The Hall–Kier alpha value is -2.94. The number of ether oxygens (including phenoxy) is 1. The second kappa shape index (κ2) is 11.5. The molecule has 34 heavy (non-hydrogen) atoms. The van der Waals surface area contributed by atoms with Gasteiger partial charge in [0, 0.05) is 21.3 Å². The molecule has 0 atom stereocenters. The molecule has 0 radical (unpaired) electrons. The number of nitrogens with zero attached hydrogens (tertiary/aromatic N) is 3. The first-order valence-corrected chi connectivity index (χ1v) is 12.2. The maximum atomic E-state index is 12.6. The van der Waals surface area contributed by atoms with Crippen molar-refractivity contribution in [2.24, 2.45) is 5.10 Å². The molecule has 6 nitrogen and oxygen atoms in total. The summed E-state index contributed by atoms with van der Waals surface area (Å²) in [5.41, 5.74) is 5.57. The van der Waals surface area contributed by atoms with E-state index in [1.165, 1.54) is 0 Å². The highest BCUT2D eigenvalue weighted by Crippen LogP contribution is 2.19. The van der Waals surface area contributed by atoms with Crippen molar-refractivity contribution in [1.29, 1.82) is 0 Å². The van der Waals surface area contributed by atoms with Crippen LogP contribution in [0.5, 0.6) is 5.75 Å². The highest BCUT2D eigenvalue weighted by molar-refractivity contribution is 9.10. The number of benzene rings is 3. The number of hydrazone groups is 1. The van der Waals surface area contributed by atoms with Gasteiger partial charge in [0.25, 0.3) is 5.91 Å². The third-order valence-electron chi connectivity index (χ3n) is 4.79. The molecule has 172 valence electrons. The van der Waals surface area contributed by atoms with Gasteiger partial charge in [0.15, 0.2) is 5.69 Å². The Morgan fingerprint density at radius 2 is 1.74 bits per heavy atom. The summed E-state index contributed by atoms with van der Waals surface area (Å²) in [4.78, 5) is 12.6. The smallest absolute Gasteiger partial charge is 0.293 e. The average molecular weight is 603 g/mol. The lowest BCUT2D eigenvalue weighted by molar-refractivity contribution is 0.0948. The van der Waals surface area contributed by atoms with Gasteiger partial charge in [0.2, 0.25) is 0 Å². The number of halogens is 3. The zero-order valence-electron chi connectivity index (χ0n) is 17.8. The number of carbonyl (C=O) groups is 1. The number of aromatic nitrogens is 2. The van der Waals surface area contributed by atoms with E-state index in [1.54, 1.807) is 17.1 Å². The van der Waals surface area contributed by atoms with Crippen molar-refractivity contribution in [3.63, 3.8) is 0 Å². The van der Waals surface area contributed by atoms with Gasteiger partial charge in [-0.25, -0.2) is 5.43 Å². The van der Waals surface area contributed by atoms with Crippen LogP contribution in [0.3, 0.4) is 0 Å². The van der Waals surface area contributed by atoms with Crippen LogP contribution in [0.2, 0.25) is 5.02 Å². The summed E-state index contributed by atoms with van der Waals surface area (Å²) < 4.78 is 9.21. The molecule has 0 aliphatic carbocycles. The van der Waals surface area contributed by atoms with Gasteiger partial charge in [-0.15, -0.1) is 0 Å². The van der Waals surface area contributed by atoms with E-state index in [-0.39, 0.29) is 5.69 Å². The van der Waals surface area contributed by atoms with Crippen LogP contribution in [0.4, 0.5) is 0 Å². The predicted octanol–water partition coefficient (Wildman–Crippen LogP) is 6.45. The number of rotatable bonds is 8. The number of hydrogen-bond donors (Lipinski definition) is 1. The Bertz CT molecular complexity index is 1310. The third kappa shape index (κ3) is 6.56. The second-order valence-corrected chi connectivity index (χ2v) is 9.51. The molecule has 0 saturated carbocycles. The maximum absolute atomic E-state index is 12.6. The normalized spacial score (nSPS) is 11.0. The van der Waals surface area contributed by atoms with Crippen LogP contribution in [0, 0.1) is 0 Å². The van der Waals surface area contributed by atoms with Crippen molar-refractivity contribution >= 4 is 55.6 Å². The Morgan fingerprint density at radius 1 is 1.03 bits per heavy atom. The van der Waals surface area contributed by atoms with Crippen LogP contribution in [0.15, 0.2) is 93.0 Å². The van der Waals surface area contributed by atoms with Gasteiger partial charge in [0.05, 0.1) is 17.2 Å². The number of amides is 1. The minimum absolute atomic E-state index is 0.242. The standard InChI is InChI=1S/C25H19Br2ClN4O2/c26-20-9-5-18(6-10-20)16-34-23-4-2-1-3-19(23)13-29-30-25(33)24-22(27)15-32(31-24)14-17-7-11-21(28)12-8-17/h1-13,15H,14,16H2,(H,30,33)/b29-13-. The summed E-state index contributed by atoms with van der Waals surface area (Å²) in [6.07, 6.45) is 3.30. The highest BCUT2D eigenvalue weighted by Gasteiger charge is 2.15. The van der Waals surface area contributed by atoms with Gasteiger partial charge >= 0.3 is 0 Å². The van der Waals surface area contributed by atoms with Gasteiger partial charge < -0.3 is 4.74 Å². The van der Waals surface area contributed by atoms with Crippen LogP contribution in [0.25, 0.3) is 0 Å². The molecule has 4 aromatic rings. The van der Waals surface area contributed by atoms with Gasteiger partial charge in [-0.2, -0.15) is 10.2 Å². The van der Waals surface area contributed by atoms with Crippen molar-refractivity contribution in [1.82, 2.24) is 15.2 Å². The van der Waals surface area contributed by atoms with E-state index >= 15 is 0 Å². The van der Waals surface area contributed by atoms with Crippen molar-refractivity contribution in [2.75, 3.05) is 0 Å². The van der Waals surface area contributed by atoms with E-state index in [4.69, 9.17) is 16.3 Å². The largest absolute Gasteiger partial charge is 0.488 e. The van der Waals surface area contributed by atoms with Gasteiger partial charge in [0.1, 0.15) is 12.4 Å². The third-order valence-corrected chi connectivity index (χ3v) is 6.15. The lowest BCUT2D eigenvalue weighted by atomic mass is 10.2. The van der Waals surface area contributed by atoms with Crippen molar-refractivity contribution in [3.8, 4) is 5.75 Å². The first-order chi connectivity index (χ1) is 16.5. The van der Waals surface area contributed by atoms with Crippen molar-refractivity contribution < 1.29 is 9.53 Å². The molecule has 3 aromatic carbocycles. The molecule has 0 aliphatic rings. The number of hydrogen-bond acceptors (Lipinski definition) is 4. The summed E-state index contributed by atoms with van der Waals surface area (Å²) in [5, 5.41) is 9.13. The SMILES string of the molecule is O=C(N/N=C\c1ccccc1OCc1ccc(Br)cc1)c1nn(Cc2ccc(Cl)cc2)cc1Br. The van der Waals surface area contributed by atoms with Gasteiger partial charge in [-0.3, -0.25) is 9.48 Å². The molecule has 0 saturated heterocycles. The van der Waals surface area contributed by atoms with E-state index in [2.05, 4.69) is 47.5 Å². The summed E-state index contributed by atoms with van der Waals surface area (Å²) in [7, 11) is 0. The molecule has 1 amide bonds. The molecule has 1 heterocycles. The Balaban J connectivity index is 1.38. The van der Waals surface area contributed by atoms with E-state index in [1.807, 2.05) is 72.8 Å². The molecule has 0 unspecified atom stereocenters. The first-order valence-electron chi connectivity index (χ1n) is 10.2. The molecule has 4 rings (SSSR count). The Kier molecular flexibility index (Phi) is 8.16. The average Bonchev–Trinajstić information content (AvgIpc) is 3.21. The molecule has 9 heteroatoms. The number of carbonyl (C=O) groups excluding carboxylic acids is 1. The number of nitrogens with one attached hydrogen (secondary N) is 1. The zero-order chi connectivity index (χ0) is 23.9. The fourth-order valence-corrected chi connectivity index (χ4v) is 3.97. The fraction of sp³-hybridized carbons (Fsp3) is 0.0800. The van der Waals surface area contributed by atoms with Crippen LogP contribution in [0.1, 0.15) is 27.2 Å². The number of para-hydroxylation sites is 1. The predicted molar refractivity (Wildman–Crippen MR) is 140 cm³/mol. The second-order valence-electron chi connectivity index (χ2n) is 7.30. The van der Waals surface area contributed by atoms with E-state index < -0.39 is 5.91 Å². The van der Waals surface area contributed by atoms with Crippen molar-refractivity contribution in [2.45, 2.75) is 13.2 Å². The van der Waals surface area contributed by atoms with E-state index in [0.717, 1.165) is 21.2 Å². The lowest BCUT2D eigenvalue weighted by Gasteiger charge is -2.09. The van der Waals surface area contributed by atoms with Gasteiger partial charge in [-0.05, 0) is 63.5 Å². The molecule has 0 spiro atoms. The summed E-state index contributed by atoms with van der Waals surface area (Å²) in [6.45, 7) is 0.928. The summed E-state index contributed by atoms with van der Waals surface area (Å²) in [5.74, 6) is 0.239. The van der Waals surface area contributed by atoms with Gasteiger partial charge in [-0.1, -0.05) is 63.9 Å². The van der Waals surface area contributed by atoms with Crippen LogP contribution < -0.4 is 10.2 Å². The first kappa shape index (κ1) is 24.2. The highest BCUT2D eigenvalue weighted by atomic mass is 79.9. The van der Waals surface area contributed by atoms with Crippen LogP contribution in [-0.4, -0.2) is 21.9 Å². The maximum Gasteiger partial charge on any atom is 0.293 e. The van der Waals surface area contributed by atoms with E-state index in [9.17, 15) is 4.79 Å². The fourth-order valence-electron chi connectivity index (χ4n) is 3.08. The van der Waals surface area contributed by atoms with Crippen molar-refractivity contribution in [3.05, 3.63) is 115 Å². The molecular formula is C25H19Br2ClN4O2. The zero-order valence-corrected chi connectivity index (χ0v) is 21.7. The summed E-state index contributed by atoms with van der Waals surface area (Å²) in [6, 6.07) is 22.9. The molecule has 0 fully saturated rings. The quantitative estimate of drug-likeness (QED) is 0.186. The molecule has 1 N–H and O–H groups in total. The molecule has 0 aliphatic heterocycles. The Morgan fingerprint density at radius 3 is 2.50 bits per heavy atom. The Labute approximate surface area is 218 Å².